The minimum Gasteiger partial charge on any atom is -0.316 e. The van der Waals surface area contributed by atoms with E-state index in [-0.39, 0.29) is 5.03 Å². The molecule has 1 aromatic heterocycles. The molecule has 21 heavy (non-hydrogen) atoms. The molecule has 0 radical (unpaired) electrons. The number of benzene rings is 1. The number of aryl methyl sites for hydroxylation is 2. The third kappa shape index (κ3) is 3.63. The number of H-pyrrole nitrogens is 1. The van der Waals surface area contributed by atoms with E-state index >= 15 is 0 Å². The van der Waals surface area contributed by atoms with E-state index in [2.05, 4.69) is 36.2 Å². The first-order valence-corrected chi connectivity index (χ1v) is 8.59. The van der Waals surface area contributed by atoms with Crippen molar-refractivity contribution < 1.29 is 8.42 Å². The molecule has 0 bridgehead atoms. The zero-order valence-electron chi connectivity index (χ0n) is 12.0. The summed E-state index contributed by atoms with van der Waals surface area (Å²) in [6.45, 7) is 4.12. The van der Waals surface area contributed by atoms with Gasteiger partial charge in [0.25, 0.3) is 10.0 Å². The van der Waals surface area contributed by atoms with Crippen LogP contribution in [0.4, 0.5) is 5.69 Å². The van der Waals surface area contributed by atoms with E-state index in [1.54, 1.807) is 26.1 Å². The Morgan fingerprint density at radius 3 is 2.62 bits per heavy atom. The van der Waals surface area contributed by atoms with Crippen LogP contribution in [0.2, 0.25) is 0 Å². The Hall–Kier alpha value is -1.38. The number of aromatic nitrogens is 2. The first-order valence-electron chi connectivity index (χ1n) is 6.32. The molecular formula is C13H17BrN4O2S. The van der Waals surface area contributed by atoms with Crippen molar-refractivity contribution in [3.05, 3.63) is 39.5 Å². The molecule has 0 spiro atoms. The number of nitrogens with one attached hydrogen (secondary N) is 3. The fourth-order valence-electron chi connectivity index (χ4n) is 2.04. The van der Waals surface area contributed by atoms with Crippen LogP contribution < -0.4 is 10.0 Å². The number of sulfonamides is 1. The van der Waals surface area contributed by atoms with Gasteiger partial charge in [-0.15, -0.1) is 0 Å². The molecule has 1 heterocycles. The Bertz CT molecular complexity index is 735. The van der Waals surface area contributed by atoms with Gasteiger partial charge in [0.1, 0.15) is 0 Å². The molecule has 0 saturated carbocycles. The molecule has 114 valence electrons. The maximum absolute atomic E-state index is 12.5. The standard InChI is InChI=1S/C13H17BrN4O2S/c1-8-4-10(14)6-11(5-8)18-21(19,20)13-12(7-15-3)9(2)16-17-13/h4-6,15,18H,7H2,1-3H3,(H,16,17). The van der Waals surface area contributed by atoms with E-state index in [0.717, 1.165) is 15.7 Å². The normalized spacial score (nSPS) is 11.6. The molecule has 2 aromatic rings. The minimum atomic E-state index is -3.73. The minimum absolute atomic E-state index is 0.0204. The molecule has 8 heteroatoms. The summed E-state index contributed by atoms with van der Waals surface area (Å²) in [6.07, 6.45) is 0. The lowest BCUT2D eigenvalue weighted by molar-refractivity contribution is 0.595. The Morgan fingerprint density at radius 2 is 2.00 bits per heavy atom. The van der Waals surface area contributed by atoms with E-state index < -0.39 is 10.0 Å². The van der Waals surface area contributed by atoms with Crippen molar-refractivity contribution in [2.75, 3.05) is 11.8 Å². The highest BCUT2D eigenvalue weighted by molar-refractivity contribution is 9.10. The second-order valence-electron chi connectivity index (χ2n) is 4.79. The topological polar surface area (TPSA) is 86.9 Å². The lowest BCUT2D eigenvalue weighted by atomic mass is 10.2. The smallest absolute Gasteiger partial charge is 0.281 e. The van der Waals surface area contributed by atoms with Gasteiger partial charge >= 0.3 is 0 Å². The van der Waals surface area contributed by atoms with Crippen LogP contribution in [0.1, 0.15) is 16.8 Å². The number of halogens is 1. The van der Waals surface area contributed by atoms with Crippen molar-refractivity contribution in [2.24, 2.45) is 0 Å². The summed E-state index contributed by atoms with van der Waals surface area (Å²) in [6, 6.07) is 5.38. The summed E-state index contributed by atoms with van der Waals surface area (Å²) < 4.78 is 28.4. The average molecular weight is 373 g/mol. The first kappa shape index (κ1) is 16.0. The summed E-state index contributed by atoms with van der Waals surface area (Å²) in [5, 5.41) is 9.60. The fraction of sp³-hybridized carbons (Fsp3) is 0.308. The molecule has 3 N–H and O–H groups in total. The highest BCUT2D eigenvalue weighted by Crippen LogP contribution is 2.23. The molecule has 0 atom stereocenters. The molecule has 6 nitrogen and oxygen atoms in total. The largest absolute Gasteiger partial charge is 0.316 e. The zero-order chi connectivity index (χ0) is 15.6. The van der Waals surface area contributed by atoms with Crippen LogP contribution in [0.25, 0.3) is 0 Å². The van der Waals surface area contributed by atoms with Gasteiger partial charge in [0.05, 0.1) is 5.69 Å². The Morgan fingerprint density at radius 1 is 1.29 bits per heavy atom. The lowest BCUT2D eigenvalue weighted by Gasteiger charge is -2.09. The molecule has 2 rings (SSSR count). The number of rotatable bonds is 5. The second-order valence-corrected chi connectivity index (χ2v) is 7.30. The van der Waals surface area contributed by atoms with Gasteiger partial charge in [-0.05, 0) is 44.7 Å². The van der Waals surface area contributed by atoms with Crippen LogP contribution in [0.15, 0.2) is 27.7 Å². The predicted octanol–water partition coefficient (Wildman–Crippen LogP) is 2.31. The van der Waals surface area contributed by atoms with Crippen LogP contribution in [-0.4, -0.2) is 25.7 Å². The van der Waals surface area contributed by atoms with Crippen LogP contribution in [0.3, 0.4) is 0 Å². The summed E-state index contributed by atoms with van der Waals surface area (Å²) in [7, 11) is -1.97. The van der Waals surface area contributed by atoms with Crippen molar-refractivity contribution >= 4 is 31.6 Å². The van der Waals surface area contributed by atoms with Crippen molar-refractivity contribution in [3.63, 3.8) is 0 Å². The molecule has 0 unspecified atom stereocenters. The monoisotopic (exact) mass is 372 g/mol. The van der Waals surface area contributed by atoms with Crippen LogP contribution in [-0.2, 0) is 16.6 Å². The number of aromatic amines is 1. The molecule has 0 aliphatic heterocycles. The van der Waals surface area contributed by atoms with Gasteiger partial charge in [0.2, 0.25) is 5.03 Å². The quantitative estimate of drug-likeness (QED) is 0.751. The van der Waals surface area contributed by atoms with E-state index in [4.69, 9.17) is 0 Å². The van der Waals surface area contributed by atoms with Gasteiger partial charge in [0.15, 0.2) is 0 Å². The molecule has 0 fully saturated rings. The van der Waals surface area contributed by atoms with Crippen molar-refractivity contribution in [2.45, 2.75) is 25.4 Å². The molecule has 0 saturated heterocycles. The summed E-state index contributed by atoms with van der Waals surface area (Å²) in [5.74, 6) is 0. The third-order valence-corrected chi connectivity index (χ3v) is 4.75. The zero-order valence-corrected chi connectivity index (χ0v) is 14.4. The van der Waals surface area contributed by atoms with Gasteiger partial charge in [-0.3, -0.25) is 9.82 Å². The lowest BCUT2D eigenvalue weighted by Crippen LogP contribution is -2.17. The van der Waals surface area contributed by atoms with Crippen molar-refractivity contribution in [1.82, 2.24) is 15.5 Å². The summed E-state index contributed by atoms with van der Waals surface area (Å²) in [5.41, 5.74) is 2.82. The summed E-state index contributed by atoms with van der Waals surface area (Å²) in [4.78, 5) is 0. The number of nitrogens with zero attached hydrogens (tertiary/aromatic N) is 1. The Balaban J connectivity index is 2.38. The van der Waals surface area contributed by atoms with Gasteiger partial charge in [-0.25, -0.2) is 0 Å². The van der Waals surface area contributed by atoms with Crippen molar-refractivity contribution in [3.8, 4) is 0 Å². The van der Waals surface area contributed by atoms with Crippen LogP contribution in [0, 0.1) is 13.8 Å². The van der Waals surface area contributed by atoms with E-state index in [0.29, 0.717) is 17.8 Å². The van der Waals surface area contributed by atoms with E-state index in [9.17, 15) is 8.42 Å². The van der Waals surface area contributed by atoms with Crippen molar-refractivity contribution in [1.29, 1.82) is 0 Å². The van der Waals surface area contributed by atoms with Crippen LogP contribution in [0.5, 0.6) is 0 Å². The molecule has 0 aliphatic rings. The number of hydrogen-bond donors (Lipinski definition) is 3. The Kier molecular flexibility index (Phi) is 4.70. The van der Waals surface area contributed by atoms with Gasteiger partial charge < -0.3 is 5.32 Å². The third-order valence-electron chi connectivity index (χ3n) is 2.94. The highest BCUT2D eigenvalue weighted by atomic mass is 79.9. The number of hydrogen-bond acceptors (Lipinski definition) is 4. The van der Waals surface area contributed by atoms with Gasteiger partial charge in [-0.1, -0.05) is 15.9 Å². The maximum Gasteiger partial charge on any atom is 0.281 e. The van der Waals surface area contributed by atoms with E-state index in [1.807, 2.05) is 13.0 Å². The first-order chi connectivity index (χ1) is 9.83. The second kappa shape index (κ2) is 6.17. The SMILES string of the molecule is CNCc1c(S(=O)(=O)Nc2cc(C)cc(Br)c2)n[nH]c1C. The molecular weight excluding hydrogens is 356 g/mol. The number of anilines is 1. The highest BCUT2D eigenvalue weighted by Gasteiger charge is 2.23. The van der Waals surface area contributed by atoms with E-state index in [1.165, 1.54) is 0 Å². The molecule has 0 aliphatic carbocycles. The maximum atomic E-state index is 12.5. The molecule has 0 amide bonds. The Labute approximate surface area is 132 Å². The predicted molar refractivity (Wildman–Crippen MR) is 85.8 cm³/mol. The summed E-state index contributed by atoms with van der Waals surface area (Å²) >= 11 is 3.35. The van der Waals surface area contributed by atoms with Crippen LogP contribution >= 0.6 is 15.9 Å². The van der Waals surface area contributed by atoms with Gasteiger partial charge in [0, 0.05) is 22.3 Å². The fourth-order valence-corrected chi connectivity index (χ4v) is 3.88. The van der Waals surface area contributed by atoms with Gasteiger partial charge in [-0.2, -0.15) is 13.5 Å². The average Bonchev–Trinajstić information content (AvgIpc) is 2.70. The molecule has 1 aromatic carbocycles.